The Morgan fingerprint density at radius 1 is 1.36 bits per heavy atom. The van der Waals surface area contributed by atoms with E-state index in [4.69, 9.17) is 9.47 Å². The van der Waals surface area contributed by atoms with E-state index in [1.54, 1.807) is 32.0 Å². The molecule has 0 saturated heterocycles. The second-order valence-corrected chi connectivity index (χ2v) is 4.81. The van der Waals surface area contributed by atoms with Crippen molar-refractivity contribution in [3.8, 4) is 5.75 Å². The number of hydrogen-bond donors (Lipinski definition) is 2. The molecule has 0 aliphatic carbocycles. The highest BCUT2D eigenvalue weighted by Crippen LogP contribution is 2.32. The van der Waals surface area contributed by atoms with Crippen LogP contribution >= 0.6 is 0 Å². The Hall–Kier alpha value is -2.57. The highest BCUT2D eigenvalue weighted by Gasteiger charge is 2.23. The molecule has 1 aliphatic rings. The predicted octanol–water partition coefficient (Wildman–Crippen LogP) is 1.69. The number of nitrogens with one attached hydrogen (secondary N) is 2. The average Bonchev–Trinajstić information content (AvgIpc) is 2.47. The number of benzene rings is 1. The standard InChI is InChI=1S/C15H18N2O5/c1-3-21-14(19)7-6-13(18)16-10-4-5-12-11(8-10)17-15(20)9(2)22-12/h4-5,8-9H,3,6-7H2,1-2H3,(H,16,18)(H,17,20)/t9-/m0/s1. The van der Waals surface area contributed by atoms with Gasteiger partial charge in [-0.2, -0.15) is 0 Å². The molecule has 0 spiro atoms. The van der Waals surface area contributed by atoms with Crippen molar-refractivity contribution in [1.82, 2.24) is 0 Å². The molecule has 0 radical (unpaired) electrons. The van der Waals surface area contributed by atoms with Crippen molar-refractivity contribution in [2.75, 3.05) is 17.2 Å². The molecule has 0 saturated carbocycles. The Bertz CT molecular complexity index is 600. The normalized spacial score (nSPS) is 16.1. The van der Waals surface area contributed by atoms with Gasteiger partial charge in [0, 0.05) is 12.1 Å². The lowest BCUT2D eigenvalue weighted by molar-refractivity contribution is -0.144. The zero-order valence-electron chi connectivity index (χ0n) is 12.5. The summed E-state index contributed by atoms with van der Waals surface area (Å²) < 4.78 is 10.2. The highest BCUT2D eigenvalue weighted by atomic mass is 16.5. The molecule has 7 nitrogen and oxygen atoms in total. The van der Waals surface area contributed by atoms with E-state index in [2.05, 4.69) is 10.6 Å². The molecule has 0 bridgehead atoms. The van der Waals surface area contributed by atoms with Gasteiger partial charge in [-0.05, 0) is 32.0 Å². The maximum Gasteiger partial charge on any atom is 0.306 e. The molecular weight excluding hydrogens is 288 g/mol. The van der Waals surface area contributed by atoms with Crippen molar-refractivity contribution in [2.24, 2.45) is 0 Å². The zero-order chi connectivity index (χ0) is 16.1. The monoisotopic (exact) mass is 306 g/mol. The van der Waals surface area contributed by atoms with Crippen molar-refractivity contribution >= 4 is 29.2 Å². The Morgan fingerprint density at radius 3 is 2.86 bits per heavy atom. The summed E-state index contributed by atoms with van der Waals surface area (Å²) >= 11 is 0. The minimum absolute atomic E-state index is 0.0297. The summed E-state index contributed by atoms with van der Waals surface area (Å²) in [7, 11) is 0. The Morgan fingerprint density at radius 2 is 2.14 bits per heavy atom. The number of amides is 2. The third-order valence-electron chi connectivity index (χ3n) is 3.06. The lowest BCUT2D eigenvalue weighted by Gasteiger charge is -2.23. The Balaban J connectivity index is 1.94. The van der Waals surface area contributed by atoms with E-state index in [1.165, 1.54) is 0 Å². The van der Waals surface area contributed by atoms with Crippen LogP contribution in [0.25, 0.3) is 0 Å². The van der Waals surface area contributed by atoms with E-state index in [0.29, 0.717) is 23.7 Å². The molecule has 22 heavy (non-hydrogen) atoms. The fraction of sp³-hybridized carbons (Fsp3) is 0.400. The number of fused-ring (bicyclic) bond motifs is 1. The number of ether oxygens (including phenoxy) is 2. The van der Waals surface area contributed by atoms with Gasteiger partial charge in [0.05, 0.1) is 18.7 Å². The summed E-state index contributed by atoms with van der Waals surface area (Å²) in [6.45, 7) is 3.66. The van der Waals surface area contributed by atoms with Crippen molar-refractivity contribution in [2.45, 2.75) is 32.8 Å². The number of anilines is 2. The molecule has 2 rings (SSSR count). The van der Waals surface area contributed by atoms with Gasteiger partial charge >= 0.3 is 5.97 Å². The lowest BCUT2D eigenvalue weighted by atomic mass is 10.2. The summed E-state index contributed by atoms with van der Waals surface area (Å²) in [5.74, 6) is -0.392. The van der Waals surface area contributed by atoms with E-state index in [9.17, 15) is 14.4 Å². The van der Waals surface area contributed by atoms with Crippen molar-refractivity contribution in [1.29, 1.82) is 0 Å². The maximum atomic E-state index is 11.8. The fourth-order valence-corrected chi connectivity index (χ4v) is 1.96. The van der Waals surface area contributed by atoms with Crippen LogP contribution in [-0.4, -0.2) is 30.5 Å². The first-order valence-corrected chi connectivity index (χ1v) is 7.06. The largest absolute Gasteiger partial charge is 0.479 e. The average molecular weight is 306 g/mol. The van der Waals surface area contributed by atoms with Crippen LogP contribution in [0, 0.1) is 0 Å². The van der Waals surface area contributed by atoms with Crippen LogP contribution in [0.15, 0.2) is 18.2 Å². The van der Waals surface area contributed by atoms with Crippen LogP contribution in [0.4, 0.5) is 11.4 Å². The van der Waals surface area contributed by atoms with Gasteiger partial charge < -0.3 is 20.1 Å². The lowest BCUT2D eigenvalue weighted by Crippen LogP contribution is -2.34. The molecule has 0 aromatic heterocycles. The molecule has 1 aromatic rings. The third-order valence-corrected chi connectivity index (χ3v) is 3.06. The minimum atomic E-state index is -0.544. The molecule has 2 N–H and O–H groups in total. The van der Waals surface area contributed by atoms with Crippen LogP contribution in [0.3, 0.4) is 0 Å². The summed E-state index contributed by atoms with van der Waals surface area (Å²) in [5.41, 5.74) is 1.03. The third kappa shape index (κ3) is 3.97. The van der Waals surface area contributed by atoms with Crippen LogP contribution in [0.2, 0.25) is 0 Å². The Kier molecular flexibility index (Phi) is 4.98. The van der Waals surface area contributed by atoms with Gasteiger partial charge in [-0.25, -0.2) is 0 Å². The summed E-state index contributed by atoms with van der Waals surface area (Å²) in [6, 6.07) is 4.96. The molecule has 1 heterocycles. The molecule has 2 amide bonds. The van der Waals surface area contributed by atoms with Gasteiger partial charge in [0.25, 0.3) is 5.91 Å². The van der Waals surface area contributed by atoms with Gasteiger partial charge in [0.15, 0.2) is 6.10 Å². The van der Waals surface area contributed by atoms with Crippen molar-refractivity contribution in [3.05, 3.63) is 18.2 Å². The fourth-order valence-electron chi connectivity index (χ4n) is 1.96. The molecule has 118 valence electrons. The van der Waals surface area contributed by atoms with E-state index >= 15 is 0 Å². The van der Waals surface area contributed by atoms with E-state index < -0.39 is 12.1 Å². The smallest absolute Gasteiger partial charge is 0.306 e. The molecule has 1 aliphatic heterocycles. The zero-order valence-corrected chi connectivity index (χ0v) is 12.5. The molecule has 0 fully saturated rings. The van der Waals surface area contributed by atoms with Crippen LogP contribution in [-0.2, 0) is 19.1 Å². The molecule has 1 aromatic carbocycles. The van der Waals surface area contributed by atoms with Gasteiger partial charge in [-0.3, -0.25) is 14.4 Å². The van der Waals surface area contributed by atoms with Gasteiger partial charge in [0.2, 0.25) is 5.91 Å². The summed E-state index contributed by atoms with van der Waals surface area (Å²) in [6.07, 6.45) is -0.477. The van der Waals surface area contributed by atoms with E-state index in [1.807, 2.05) is 0 Å². The first kappa shape index (κ1) is 15.8. The highest BCUT2D eigenvalue weighted by molar-refractivity contribution is 5.99. The van der Waals surface area contributed by atoms with E-state index in [0.717, 1.165) is 0 Å². The second kappa shape index (κ2) is 6.93. The first-order valence-electron chi connectivity index (χ1n) is 7.06. The van der Waals surface area contributed by atoms with Crippen molar-refractivity contribution < 1.29 is 23.9 Å². The second-order valence-electron chi connectivity index (χ2n) is 4.81. The van der Waals surface area contributed by atoms with Gasteiger partial charge in [-0.1, -0.05) is 0 Å². The van der Waals surface area contributed by atoms with Crippen molar-refractivity contribution in [3.63, 3.8) is 0 Å². The van der Waals surface area contributed by atoms with Crippen LogP contribution < -0.4 is 15.4 Å². The minimum Gasteiger partial charge on any atom is -0.479 e. The van der Waals surface area contributed by atoms with E-state index in [-0.39, 0.29) is 24.7 Å². The topological polar surface area (TPSA) is 93.7 Å². The van der Waals surface area contributed by atoms with Gasteiger partial charge in [0.1, 0.15) is 5.75 Å². The first-order chi connectivity index (χ1) is 10.5. The van der Waals surface area contributed by atoms with Crippen LogP contribution in [0.1, 0.15) is 26.7 Å². The SMILES string of the molecule is CCOC(=O)CCC(=O)Nc1ccc2c(c1)NC(=O)[C@H](C)O2. The molecular formula is C15H18N2O5. The maximum absolute atomic E-state index is 11.8. The predicted molar refractivity (Wildman–Crippen MR) is 79.7 cm³/mol. The Labute approximate surface area is 128 Å². The number of carbonyl (C=O) groups is 3. The molecule has 1 atom stereocenters. The number of carbonyl (C=O) groups excluding carboxylic acids is 3. The summed E-state index contributed by atoms with van der Waals surface area (Å²) in [4.78, 5) is 34.5. The van der Waals surface area contributed by atoms with Crippen LogP contribution in [0.5, 0.6) is 5.75 Å². The number of hydrogen-bond acceptors (Lipinski definition) is 5. The van der Waals surface area contributed by atoms with Gasteiger partial charge in [-0.15, -0.1) is 0 Å². The molecule has 7 heteroatoms. The quantitative estimate of drug-likeness (QED) is 0.807. The number of rotatable bonds is 5. The summed E-state index contributed by atoms with van der Waals surface area (Å²) in [5, 5.41) is 5.36. The number of esters is 1. The molecule has 0 unspecified atom stereocenters.